The Morgan fingerprint density at radius 1 is 0.843 bits per heavy atom. The summed E-state index contributed by atoms with van der Waals surface area (Å²) >= 11 is 0. The highest BCUT2D eigenvalue weighted by Crippen LogP contribution is 2.53. The predicted octanol–water partition coefficient (Wildman–Crippen LogP) is 8.33. The monoisotopic (exact) mass is 696 g/mol. The van der Waals surface area contributed by atoms with Crippen molar-refractivity contribution < 1.29 is 29.3 Å². The summed E-state index contributed by atoms with van der Waals surface area (Å²) in [5.74, 6) is -0.757. The molecule has 0 radical (unpaired) electrons. The number of aliphatic hydroxyl groups excluding tert-OH is 1. The molecule has 51 heavy (non-hydrogen) atoms. The van der Waals surface area contributed by atoms with Crippen molar-refractivity contribution >= 4 is 11.9 Å². The summed E-state index contributed by atoms with van der Waals surface area (Å²) in [6, 6.07) is 25.4. The SMILES string of the molecule is CC1(C)CC2CC(C)(CN2C[C@H]2C[C@@H](c3ccc(CO)cc3)O[C@@H](c3cccc(-c4cccc(CNC(=O)CCCCCCC(=O)O)c4)c3)O2)C1. The molecule has 2 bridgehead atoms. The Balaban J connectivity index is 1.13. The molecule has 1 saturated carbocycles. The van der Waals surface area contributed by atoms with Crippen LogP contribution in [0.1, 0.15) is 120 Å². The van der Waals surface area contributed by atoms with Crippen LogP contribution in [0.15, 0.2) is 72.8 Å². The van der Waals surface area contributed by atoms with Gasteiger partial charge in [0.25, 0.3) is 0 Å². The van der Waals surface area contributed by atoms with Gasteiger partial charge in [-0.1, -0.05) is 94.3 Å². The van der Waals surface area contributed by atoms with E-state index >= 15 is 0 Å². The topological polar surface area (TPSA) is 108 Å². The van der Waals surface area contributed by atoms with Gasteiger partial charge in [0.2, 0.25) is 5.91 Å². The third-order valence-electron chi connectivity index (χ3n) is 11.0. The Morgan fingerprint density at radius 2 is 1.57 bits per heavy atom. The average Bonchev–Trinajstić information content (AvgIpc) is 3.35. The molecule has 0 aromatic heterocycles. The van der Waals surface area contributed by atoms with Gasteiger partial charge < -0.3 is 25.0 Å². The second kappa shape index (κ2) is 16.4. The minimum Gasteiger partial charge on any atom is -0.481 e. The number of aliphatic carboxylic acids is 1. The number of carboxylic acids is 1. The first-order valence-corrected chi connectivity index (χ1v) is 18.9. The number of hydrogen-bond acceptors (Lipinski definition) is 6. The number of hydrogen-bond donors (Lipinski definition) is 3. The molecule has 3 aliphatic rings. The van der Waals surface area contributed by atoms with Crippen LogP contribution in [-0.2, 0) is 32.2 Å². The molecule has 3 aromatic carbocycles. The average molecular weight is 697 g/mol. The van der Waals surface area contributed by atoms with Crippen molar-refractivity contribution in [3.8, 4) is 11.1 Å². The van der Waals surface area contributed by atoms with Crippen LogP contribution >= 0.6 is 0 Å². The summed E-state index contributed by atoms with van der Waals surface area (Å²) in [6.45, 7) is 9.78. The number of benzene rings is 3. The standard InChI is InChI=1S/C43H56N2O6/c1-42(2)23-36-24-43(3,28-42)29-45(36)26-37-22-38(32-18-16-30(27-46)17-19-32)51-41(50-37)35-13-9-12-34(21-35)33-11-8-10-31(20-33)25-44-39(47)14-6-4-5-7-15-40(48)49/h8-13,16-21,36-38,41,46H,4-7,14-15,22-29H2,1-3H3,(H,44,47)(H,48,49)/t36?,37-,38+,41+,43?/m1/s1. The van der Waals surface area contributed by atoms with Crippen LogP contribution in [-0.4, -0.2) is 52.2 Å². The number of carbonyl (C=O) groups is 2. The lowest BCUT2D eigenvalue weighted by Crippen LogP contribution is -2.42. The van der Waals surface area contributed by atoms with Gasteiger partial charge in [-0.3, -0.25) is 14.5 Å². The fourth-order valence-corrected chi connectivity index (χ4v) is 9.01. The summed E-state index contributed by atoms with van der Waals surface area (Å²) in [6.07, 6.45) is 7.61. The molecule has 1 aliphatic carbocycles. The van der Waals surface area contributed by atoms with E-state index in [1.165, 1.54) is 19.3 Å². The maximum Gasteiger partial charge on any atom is 0.303 e. The molecular weight excluding hydrogens is 640 g/mol. The molecular formula is C43H56N2O6. The molecule has 2 unspecified atom stereocenters. The maximum absolute atomic E-state index is 12.5. The molecule has 2 aliphatic heterocycles. The van der Waals surface area contributed by atoms with Gasteiger partial charge in [-0.15, -0.1) is 0 Å². The van der Waals surface area contributed by atoms with Crippen molar-refractivity contribution in [2.24, 2.45) is 10.8 Å². The molecule has 3 fully saturated rings. The lowest BCUT2D eigenvalue weighted by Gasteiger charge is -2.41. The van der Waals surface area contributed by atoms with E-state index in [0.29, 0.717) is 36.3 Å². The molecule has 274 valence electrons. The molecule has 6 rings (SSSR count). The summed E-state index contributed by atoms with van der Waals surface area (Å²) in [5, 5.41) is 21.5. The van der Waals surface area contributed by atoms with Gasteiger partial charge in [-0.05, 0) is 82.9 Å². The highest BCUT2D eigenvalue weighted by atomic mass is 16.7. The van der Waals surface area contributed by atoms with Crippen molar-refractivity contribution in [1.29, 1.82) is 0 Å². The van der Waals surface area contributed by atoms with E-state index in [9.17, 15) is 14.7 Å². The molecule has 3 aromatic rings. The predicted molar refractivity (Wildman–Crippen MR) is 199 cm³/mol. The van der Waals surface area contributed by atoms with Gasteiger partial charge in [0, 0.05) is 50.5 Å². The van der Waals surface area contributed by atoms with Crippen LogP contribution in [0.3, 0.4) is 0 Å². The van der Waals surface area contributed by atoms with Gasteiger partial charge in [-0.25, -0.2) is 0 Å². The summed E-state index contributed by atoms with van der Waals surface area (Å²) < 4.78 is 13.6. The summed E-state index contributed by atoms with van der Waals surface area (Å²) in [4.78, 5) is 25.8. The van der Waals surface area contributed by atoms with E-state index in [1.54, 1.807) is 0 Å². The van der Waals surface area contributed by atoms with Gasteiger partial charge in [0.1, 0.15) is 0 Å². The van der Waals surface area contributed by atoms with Crippen LogP contribution in [0.5, 0.6) is 0 Å². The quantitative estimate of drug-likeness (QED) is 0.137. The smallest absolute Gasteiger partial charge is 0.303 e. The Labute approximate surface area is 303 Å². The van der Waals surface area contributed by atoms with Gasteiger partial charge in [0.15, 0.2) is 6.29 Å². The number of likely N-dealkylation sites (tertiary alicyclic amines) is 1. The number of unbranched alkanes of at least 4 members (excludes halogenated alkanes) is 3. The highest BCUT2D eigenvalue weighted by molar-refractivity contribution is 5.76. The summed E-state index contributed by atoms with van der Waals surface area (Å²) in [5.41, 5.74) is 6.82. The Hall–Kier alpha value is -3.56. The summed E-state index contributed by atoms with van der Waals surface area (Å²) in [7, 11) is 0. The van der Waals surface area contributed by atoms with Crippen molar-refractivity contribution in [2.75, 3.05) is 13.1 Å². The van der Waals surface area contributed by atoms with Crippen LogP contribution in [0.2, 0.25) is 0 Å². The number of fused-ring (bicyclic) bond motifs is 2. The maximum atomic E-state index is 12.5. The molecule has 5 atom stereocenters. The first-order valence-electron chi connectivity index (χ1n) is 18.9. The minimum atomic E-state index is -0.769. The molecule has 2 heterocycles. The van der Waals surface area contributed by atoms with Crippen LogP contribution < -0.4 is 5.32 Å². The fraction of sp³-hybridized carbons (Fsp3) is 0.535. The molecule has 1 amide bonds. The van der Waals surface area contributed by atoms with Crippen LogP contribution in [0.25, 0.3) is 11.1 Å². The number of carboxylic acid groups (broad SMARTS) is 1. The zero-order chi connectivity index (χ0) is 36.0. The lowest BCUT2D eigenvalue weighted by molar-refractivity contribution is -0.253. The molecule has 8 heteroatoms. The number of aliphatic hydroxyl groups is 1. The largest absolute Gasteiger partial charge is 0.481 e. The Morgan fingerprint density at radius 3 is 2.31 bits per heavy atom. The van der Waals surface area contributed by atoms with E-state index < -0.39 is 12.3 Å². The minimum absolute atomic E-state index is 0.0116. The lowest BCUT2D eigenvalue weighted by atomic mass is 9.65. The van der Waals surface area contributed by atoms with E-state index in [1.807, 2.05) is 24.3 Å². The van der Waals surface area contributed by atoms with E-state index in [2.05, 4.69) is 79.5 Å². The third kappa shape index (κ3) is 10.1. The third-order valence-corrected chi connectivity index (χ3v) is 11.0. The second-order valence-corrected chi connectivity index (χ2v) is 16.4. The molecule has 2 saturated heterocycles. The van der Waals surface area contributed by atoms with E-state index in [-0.39, 0.29) is 31.1 Å². The van der Waals surface area contributed by atoms with Crippen LogP contribution in [0, 0.1) is 10.8 Å². The highest BCUT2D eigenvalue weighted by Gasteiger charge is 2.50. The normalized spacial score (nSPS) is 25.8. The first-order chi connectivity index (χ1) is 24.5. The van der Waals surface area contributed by atoms with Crippen LogP contribution in [0.4, 0.5) is 0 Å². The number of amides is 1. The fourth-order valence-electron chi connectivity index (χ4n) is 9.01. The number of rotatable bonds is 15. The van der Waals surface area contributed by atoms with Gasteiger partial charge >= 0.3 is 5.97 Å². The number of carbonyl (C=O) groups excluding carboxylic acids is 1. The van der Waals surface area contributed by atoms with Crippen molar-refractivity contribution in [2.45, 2.75) is 123 Å². The number of nitrogens with zero attached hydrogens (tertiary/aromatic N) is 1. The second-order valence-electron chi connectivity index (χ2n) is 16.4. The van der Waals surface area contributed by atoms with Crippen molar-refractivity contribution in [3.05, 3.63) is 95.1 Å². The van der Waals surface area contributed by atoms with E-state index in [4.69, 9.17) is 14.6 Å². The zero-order valence-corrected chi connectivity index (χ0v) is 30.6. The van der Waals surface area contributed by atoms with Gasteiger partial charge in [-0.2, -0.15) is 0 Å². The zero-order valence-electron chi connectivity index (χ0n) is 30.6. The molecule has 8 nitrogen and oxygen atoms in total. The van der Waals surface area contributed by atoms with Crippen molar-refractivity contribution in [1.82, 2.24) is 10.2 Å². The van der Waals surface area contributed by atoms with Crippen molar-refractivity contribution in [3.63, 3.8) is 0 Å². The first kappa shape index (κ1) is 37.2. The molecule has 3 N–H and O–H groups in total. The van der Waals surface area contributed by atoms with Gasteiger partial charge in [0.05, 0.1) is 18.8 Å². The molecule has 0 spiro atoms. The number of nitrogens with one attached hydrogen (secondary N) is 1. The Bertz CT molecular complexity index is 1640. The number of ether oxygens (including phenoxy) is 2. The van der Waals surface area contributed by atoms with E-state index in [0.717, 1.165) is 72.2 Å². The Kier molecular flexibility index (Phi) is 12.0.